The second kappa shape index (κ2) is 10.8. The summed E-state index contributed by atoms with van der Waals surface area (Å²) >= 11 is 20.7. The third kappa shape index (κ3) is 6.46. The first-order chi connectivity index (χ1) is 14.0. The van der Waals surface area contributed by atoms with Crippen LogP contribution in [0.2, 0.25) is 10.0 Å². The van der Waals surface area contributed by atoms with Gasteiger partial charge in [-0.05, 0) is 38.0 Å². The fraction of sp³-hybridized carbons (Fsp3) is 0.421. The molecule has 1 aliphatic rings. The smallest absolute Gasteiger partial charge is 0.357 e. The predicted octanol–water partition coefficient (Wildman–Crippen LogP) is 5.59. The second-order valence-corrected chi connectivity index (χ2v) is 9.81. The Hall–Kier alpha value is -1.06. The van der Waals surface area contributed by atoms with Gasteiger partial charge < -0.3 is 14.4 Å². The van der Waals surface area contributed by atoms with Crippen LogP contribution in [-0.2, 0) is 4.74 Å². The molecular weight excluding hydrogens is 471 g/mol. The minimum Gasteiger partial charge on any atom is -0.491 e. The number of thioether (sulfide) groups is 1. The van der Waals surface area contributed by atoms with Gasteiger partial charge in [0, 0.05) is 27.7 Å². The number of ether oxygens (including phenoxy) is 2. The molecule has 5 nitrogen and oxygen atoms in total. The van der Waals surface area contributed by atoms with Gasteiger partial charge in [0.1, 0.15) is 12.4 Å². The molecule has 0 spiro atoms. The molecule has 156 valence electrons. The van der Waals surface area contributed by atoms with Gasteiger partial charge in [-0.2, -0.15) is 0 Å². The Bertz CT molecular complexity index is 858. The van der Waals surface area contributed by atoms with E-state index in [4.69, 9.17) is 44.9 Å². The maximum absolute atomic E-state index is 11.7. The first-order valence-electron chi connectivity index (χ1n) is 9.10. The summed E-state index contributed by atoms with van der Waals surface area (Å²) in [6.45, 7) is 3.43. The van der Waals surface area contributed by atoms with Crippen molar-refractivity contribution in [1.29, 1.82) is 0 Å². The van der Waals surface area contributed by atoms with Gasteiger partial charge in [0.15, 0.2) is 10.0 Å². The highest BCUT2D eigenvalue weighted by Gasteiger charge is 2.28. The largest absolute Gasteiger partial charge is 0.491 e. The normalized spacial score (nSPS) is 16.3. The zero-order valence-corrected chi connectivity index (χ0v) is 19.7. The van der Waals surface area contributed by atoms with E-state index in [1.54, 1.807) is 42.3 Å². The van der Waals surface area contributed by atoms with Crippen LogP contribution in [0.1, 0.15) is 30.3 Å². The van der Waals surface area contributed by atoms with Gasteiger partial charge in [0.2, 0.25) is 0 Å². The fourth-order valence-corrected chi connectivity index (χ4v) is 5.60. The minimum absolute atomic E-state index is 0.215. The van der Waals surface area contributed by atoms with E-state index in [0.717, 1.165) is 34.5 Å². The molecule has 1 fully saturated rings. The van der Waals surface area contributed by atoms with Crippen molar-refractivity contribution in [1.82, 2.24) is 9.88 Å². The zero-order valence-electron chi connectivity index (χ0n) is 15.7. The number of halogens is 2. The lowest BCUT2D eigenvalue weighted by atomic mass is 10.2. The van der Waals surface area contributed by atoms with Gasteiger partial charge in [0.25, 0.3) is 0 Å². The molecule has 10 heteroatoms. The summed E-state index contributed by atoms with van der Waals surface area (Å²) in [6.07, 6.45) is 1.84. The highest BCUT2D eigenvalue weighted by molar-refractivity contribution is 8.01. The van der Waals surface area contributed by atoms with Crippen molar-refractivity contribution in [3.63, 3.8) is 0 Å². The van der Waals surface area contributed by atoms with Gasteiger partial charge in [-0.1, -0.05) is 47.2 Å². The van der Waals surface area contributed by atoms with E-state index in [-0.39, 0.29) is 12.0 Å². The van der Waals surface area contributed by atoms with Gasteiger partial charge >= 0.3 is 5.97 Å². The lowest BCUT2D eigenvalue weighted by Crippen LogP contribution is -2.37. The van der Waals surface area contributed by atoms with Crippen molar-refractivity contribution >= 4 is 69.5 Å². The number of carbonyl (C=O) groups is 1. The van der Waals surface area contributed by atoms with Crippen LogP contribution in [-0.4, -0.2) is 52.4 Å². The molecule has 0 amide bonds. The molecule has 1 aromatic heterocycles. The van der Waals surface area contributed by atoms with Crippen molar-refractivity contribution < 1.29 is 14.3 Å². The quantitative estimate of drug-likeness (QED) is 0.258. The number of aromatic nitrogens is 1. The van der Waals surface area contributed by atoms with E-state index < -0.39 is 0 Å². The molecule has 29 heavy (non-hydrogen) atoms. The molecule has 0 bridgehead atoms. The summed E-state index contributed by atoms with van der Waals surface area (Å²) in [5.41, 5.74) is 0.363. The summed E-state index contributed by atoms with van der Waals surface area (Å²) in [5, 5.41) is 2.83. The minimum atomic E-state index is -0.380. The summed E-state index contributed by atoms with van der Waals surface area (Å²) in [6, 6.07) is 5.40. The molecule has 1 saturated heterocycles. The molecule has 0 aliphatic carbocycles. The first kappa shape index (κ1) is 22.6. The topological polar surface area (TPSA) is 51.7 Å². The lowest BCUT2D eigenvalue weighted by molar-refractivity contribution is 0.0520. The number of nitrogens with zero attached hydrogens (tertiary/aromatic N) is 2. The first-order valence-corrected chi connectivity index (χ1v) is 12.1. The highest BCUT2D eigenvalue weighted by atomic mass is 35.5. The molecule has 1 unspecified atom stereocenters. The van der Waals surface area contributed by atoms with Crippen LogP contribution >= 0.6 is 58.5 Å². The number of rotatable bonds is 9. The monoisotopic (exact) mass is 490 g/mol. The second-order valence-electron chi connectivity index (χ2n) is 6.26. The Kier molecular flexibility index (Phi) is 8.44. The Morgan fingerprint density at radius 1 is 1.38 bits per heavy atom. The van der Waals surface area contributed by atoms with E-state index in [1.807, 2.05) is 0 Å². The number of carbonyl (C=O) groups excluding carboxylic acids is 1. The number of likely N-dealkylation sites (tertiary alicyclic amines) is 1. The van der Waals surface area contributed by atoms with E-state index in [0.29, 0.717) is 34.7 Å². The van der Waals surface area contributed by atoms with Crippen LogP contribution < -0.4 is 4.74 Å². The van der Waals surface area contributed by atoms with Crippen LogP contribution in [0.15, 0.2) is 27.9 Å². The van der Waals surface area contributed by atoms with Crippen molar-refractivity contribution in [2.24, 2.45) is 0 Å². The Morgan fingerprint density at radius 2 is 2.14 bits per heavy atom. The van der Waals surface area contributed by atoms with Crippen LogP contribution in [0, 0.1) is 0 Å². The SMILES string of the molecule is CCOC(=O)c1csc(SCCN2C(=S)CCC2COc2cc(Cl)cc(Cl)c2)n1. The molecule has 1 aromatic carbocycles. The zero-order chi connectivity index (χ0) is 20.8. The average Bonchev–Trinajstić information content (AvgIpc) is 3.27. The summed E-state index contributed by atoms with van der Waals surface area (Å²) in [4.78, 5) is 19.2. The van der Waals surface area contributed by atoms with Crippen LogP contribution in [0.3, 0.4) is 0 Å². The Labute approximate surface area is 193 Å². The molecule has 1 atom stereocenters. The molecule has 3 rings (SSSR count). The van der Waals surface area contributed by atoms with E-state index >= 15 is 0 Å². The van der Waals surface area contributed by atoms with Crippen molar-refractivity contribution in [3.05, 3.63) is 39.3 Å². The molecule has 0 saturated carbocycles. The molecule has 0 N–H and O–H groups in total. The Balaban J connectivity index is 1.50. The number of hydrogen-bond acceptors (Lipinski definition) is 7. The van der Waals surface area contributed by atoms with E-state index in [9.17, 15) is 4.79 Å². The predicted molar refractivity (Wildman–Crippen MR) is 123 cm³/mol. The summed E-state index contributed by atoms with van der Waals surface area (Å²) < 4.78 is 11.7. The van der Waals surface area contributed by atoms with Gasteiger partial charge in [-0.15, -0.1) is 11.3 Å². The number of thiazole rings is 1. The molecule has 2 heterocycles. The van der Waals surface area contributed by atoms with Gasteiger partial charge in [0.05, 0.1) is 17.6 Å². The fourth-order valence-electron chi connectivity index (χ4n) is 2.93. The van der Waals surface area contributed by atoms with Crippen molar-refractivity contribution in [2.75, 3.05) is 25.5 Å². The van der Waals surface area contributed by atoms with Crippen LogP contribution in [0.4, 0.5) is 0 Å². The average molecular weight is 491 g/mol. The third-order valence-corrected chi connectivity index (χ3v) is 7.13. The number of esters is 1. The molecular formula is C19H20Cl2N2O3S3. The highest BCUT2D eigenvalue weighted by Crippen LogP contribution is 2.28. The van der Waals surface area contributed by atoms with Gasteiger partial charge in [-0.3, -0.25) is 0 Å². The van der Waals surface area contributed by atoms with Crippen molar-refractivity contribution in [2.45, 2.75) is 30.1 Å². The lowest BCUT2D eigenvalue weighted by Gasteiger charge is -2.26. The van der Waals surface area contributed by atoms with Gasteiger partial charge in [-0.25, -0.2) is 9.78 Å². The maximum Gasteiger partial charge on any atom is 0.357 e. The molecule has 1 aliphatic heterocycles. The van der Waals surface area contributed by atoms with Crippen molar-refractivity contribution in [3.8, 4) is 5.75 Å². The summed E-state index contributed by atoms with van der Waals surface area (Å²) in [5.74, 6) is 1.09. The number of thiocarbonyl (C=S) groups is 1. The third-order valence-electron chi connectivity index (χ3n) is 4.26. The standard InChI is InChI=1S/C19H20Cl2N2O3S3/c1-2-25-18(24)16-11-29-19(22-16)28-6-5-23-14(3-4-17(23)27)10-26-15-8-12(20)7-13(21)9-15/h7-9,11,14H,2-6,10H2,1H3. The number of benzene rings is 1. The van der Waals surface area contributed by atoms with E-state index in [2.05, 4.69) is 9.88 Å². The maximum atomic E-state index is 11.7. The van der Waals surface area contributed by atoms with Crippen LogP contribution in [0.5, 0.6) is 5.75 Å². The molecule has 2 aromatic rings. The summed E-state index contributed by atoms with van der Waals surface area (Å²) in [7, 11) is 0. The Morgan fingerprint density at radius 3 is 2.86 bits per heavy atom. The molecule has 0 radical (unpaired) electrons. The number of hydrogen-bond donors (Lipinski definition) is 0. The van der Waals surface area contributed by atoms with E-state index in [1.165, 1.54) is 11.3 Å². The van der Waals surface area contributed by atoms with Crippen LogP contribution in [0.25, 0.3) is 0 Å².